The van der Waals surface area contributed by atoms with E-state index in [2.05, 4.69) is 0 Å². The van der Waals surface area contributed by atoms with Gasteiger partial charge in [-0.2, -0.15) is 4.39 Å². The lowest BCUT2D eigenvalue weighted by Gasteiger charge is -2.31. The van der Waals surface area contributed by atoms with Crippen molar-refractivity contribution in [2.45, 2.75) is 12.5 Å². The highest BCUT2D eigenvalue weighted by molar-refractivity contribution is 5.84. The van der Waals surface area contributed by atoms with Gasteiger partial charge in [-0.1, -0.05) is 0 Å². The summed E-state index contributed by atoms with van der Waals surface area (Å²) < 4.78 is 30.3. The maximum Gasteiger partial charge on any atom is 0.312 e. The largest absolute Gasteiger partial charge is 0.465 e. The number of cyclic esters (lactones) is 1. The lowest BCUT2D eigenvalue weighted by atomic mass is 9.73. The van der Waals surface area contributed by atoms with E-state index >= 15 is 0 Å². The fourth-order valence-electron chi connectivity index (χ4n) is 4.47. The summed E-state index contributed by atoms with van der Waals surface area (Å²) in [4.78, 5) is 32.7. The summed E-state index contributed by atoms with van der Waals surface area (Å²) in [7, 11) is 0. The standard InChI is InChI=1S/C19H13FN2O9/c20-16-12(21(25)26)1-7(2-13(16)22(27)28)15-8-3-10-11(5-29-19(10)24)17(23)9(8)4-14-18(15)31-6-30-14/h1-2,4,10-11,17,23H,3,5-6H2/t10-,11?,17+/m1/s1. The molecule has 1 saturated heterocycles. The predicted molar refractivity (Wildman–Crippen MR) is 97.9 cm³/mol. The lowest BCUT2D eigenvalue weighted by molar-refractivity contribution is -0.399. The highest BCUT2D eigenvalue weighted by atomic mass is 19.1. The van der Waals surface area contributed by atoms with Crippen LogP contribution in [0, 0.1) is 37.9 Å². The van der Waals surface area contributed by atoms with Crippen LogP contribution in [0.25, 0.3) is 11.1 Å². The number of halogens is 1. The van der Waals surface area contributed by atoms with Crippen LogP contribution in [0.4, 0.5) is 15.8 Å². The first-order valence-corrected chi connectivity index (χ1v) is 9.20. The number of hydrogen-bond acceptors (Lipinski definition) is 9. The summed E-state index contributed by atoms with van der Waals surface area (Å²) in [5.41, 5.74) is -1.24. The number of nitro benzene ring substituents is 2. The average Bonchev–Trinajstić information content (AvgIpc) is 3.34. The van der Waals surface area contributed by atoms with Gasteiger partial charge in [0.2, 0.25) is 6.79 Å². The quantitative estimate of drug-likeness (QED) is 0.438. The average molecular weight is 432 g/mol. The Morgan fingerprint density at radius 1 is 1.06 bits per heavy atom. The van der Waals surface area contributed by atoms with Crippen molar-refractivity contribution >= 4 is 17.3 Å². The number of benzene rings is 2. The molecule has 0 spiro atoms. The van der Waals surface area contributed by atoms with Crippen LogP contribution in [0.2, 0.25) is 0 Å². The van der Waals surface area contributed by atoms with E-state index in [4.69, 9.17) is 14.2 Å². The van der Waals surface area contributed by atoms with Gasteiger partial charge in [-0.3, -0.25) is 25.0 Å². The Hall–Kier alpha value is -3.80. The highest BCUT2D eigenvalue weighted by Gasteiger charge is 2.47. The van der Waals surface area contributed by atoms with Crippen molar-refractivity contribution in [1.82, 2.24) is 0 Å². The molecule has 3 aliphatic rings. The molecule has 0 amide bonds. The number of hydrogen-bond donors (Lipinski definition) is 1. The Bertz CT molecular complexity index is 1150. The summed E-state index contributed by atoms with van der Waals surface area (Å²) >= 11 is 0. The van der Waals surface area contributed by atoms with Crippen molar-refractivity contribution in [2.75, 3.05) is 13.4 Å². The van der Waals surface area contributed by atoms with E-state index < -0.39 is 50.9 Å². The second-order valence-corrected chi connectivity index (χ2v) is 7.45. The van der Waals surface area contributed by atoms with E-state index in [1.807, 2.05) is 0 Å². The minimum atomic E-state index is -1.57. The van der Waals surface area contributed by atoms with Gasteiger partial charge < -0.3 is 19.3 Å². The fourth-order valence-corrected chi connectivity index (χ4v) is 4.47. The van der Waals surface area contributed by atoms with Gasteiger partial charge >= 0.3 is 17.3 Å². The van der Waals surface area contributed by atoms with Gasteiger partial charge in [0.25, 0.3) is 5.82 Å². The smallest absolute Gasteiger partial charge is 0.312 e. The van der Waals surface area contributed by atoms with Crippen molar-refractivity contribution in [3.63, 3.8) is 0 Å². The normalized spacial score (nSPS) is 23.2. The van der Waals surface area contributed by atoms with Crippen molar-refractivity contribution < 1.29 is 38.3 Å². The summed E-state index contributed by atoms with van der Waals surface area (Å²) in [6.07, 6.45) is -0.986. The Balaban J connectivity index is 1.80. The molecular weight excluding hydrogens is 419 g/mol. The number of aliphatic hydroxyl groups excluding tert-OH is 1. The van der Waals surface area contributed by atoms with Gasteiger partial charge in [-0.25, -0.2) is 0 Å². The third-order valence-electron chi connectivity index (χ3n) is 5.91. The van der Waals surface area contributed by atoms with E-state index in [0.29, 0.717) is 11.1 Å². The number of nitro groups is 2. The zero-order chi connectivity index (χ0) is 22.0. The van der Waals surface area contributed by atoms with Crippen LogP contribution >= 0.6 is 0 Å². The molecule has 1 aliphatic carbocycles. The molecule has 160 valence electrons. The second kappa shape index (κ2) is 6.60. The first-order valence-electron chi connectivity index (χ1n) is 9.20. The molecule has 0 saturated carbocycles. The number of aliphatic hydroxyl groups is 1. The maximum absolute atomic E-state index is 14.3. The van der Waals surface area contributed by atoms with Crippen LogP contribution in [0.3, 0.4) is 0 Å². The molecule has 2 aliphatic heterocycles. The minimum absolute atomic E-state index is 0.0430. The molecule has 2 aromatic carbocycles. The summed E-state index contributed by atoms with van der Waals surface area (Å²) in [5.74, 6) is -2.83. The van der Waals surface area contributed by atoms with Crippen LogP contribution in [0.5, 0.6) is 11.5 Å². The number of esters is 1. The van der Waals surface area contributed by atoms with Crippen LogP contribution < -0.4 is 9.47 Å². The molecule has 31 heavy (non-hydrogen) atoms. The Kier molecular flexibility index (Phi) is 4.09. The maximum atomic E-state index is 14.3. The molecule has 2 aromatic rings. The van der Waals surface area contributed by atoms with Crippen molar-refractivity contribution in [1.29, 1.82) is 0 Å². The van der Waals surface area contributed by atoms with E-state index in [1.165, 1.54) is 0 Å². The zero-order valence-electron chi connectivity index (χ0n) is 15.6. The number of rotatable bonds is 3. The van der Waals surface area contributed by atoms with Gasteiger partial charge in [0.15, 0.2) is 11.5 Å². The SMILES string of the molecule is O=C1OCC2[C@H]1Cc1c(cc3c(c1-c1cc([N+](=O)[O-])c(F)c([N+](=O)[O-])c1)OCO3)[C@@H]2O. The molecule has 5 rings (SSSR count). The van der Waals surface area contributed by atoms with E-state index in [1.54, 1.807) is 6.07 Å². The fraction of sp³-hybridized carbons (Fsp3) is 0.316. The molecule has 3 atom stereocenters. The second-order valence-electron chi connectivity index (χ2n) is 7.45. The van der Waals surface area contributed by atoms with Gasteiger partial charge in [-0.05, 0) is 29.2 Å². The van der Waals surface area contributed by atoms with Gasteiger partial charge in [0, 0.05) is 23.6 Å². The first-order chi connectivity index (χ1) is 14.8. The Morgan fingerprint density at radius 2 is 1.74 bits per heavy atom. The zero-order valence-corrected chi connectivity index (χ0v) is 15.6. The highest BCUT2D eigenvalue weighted by Crippen LogP contribution is 2.53. The lowest BCUT2D eigenvalue weighted by Crippen LogP contribution is -2.30. The first kappa shape index (κ1) is 19.2. The number of carbonyl (C=O) groups excluding carboxylic acids is 1. The van der Waals surface area contributed by atoms with E-state index in [0.717, 1.165) is 12.1 Å². The van der Waals surface area contributed by atoms with Crippen molar-refractivity contribution in [2.24, 2.45) is 11.8 Å². The molecule has 2 heterocycles. The summed E-state index contributed by atoms with van der Waals surface area (Å²) in [5, 5.41) is 33.5. The minimum Gasteiger partial charge on any atom is -0.465 e. The number of carbonyl (C=O) groups is 1. The monoisotopic (exact) mass is 432 g/mol. The Labute approximate surface area is 172 Å². The van der Waals surface area contributed by atoms with Gasteiger partial charge in [-0.15, -0.1) is 0 Å². The van der Waals surface area contributed by atoms with Gasteiger partial charge in [0.1, 0.15) is 0 Å². The van der Waals surface area contributed by atoms with E-state index in [-0.39, 0.29) is 42.4 Å². The molecular formula is C19H13FN2O9. The van der Waals surface area contributed by atoms with Crippen molar-refractivity contribution in [3.05, 3.63) is 55.4 Å². The van der Waals surface area contributed by atoms with Crippen LogP contribution in [-0.2, 0) is 16.0 Å². The molecule has 0 bridgehead atoms. The molecule has 0 radical (unpaired) electrons. The molecule has 1 N–H and O–H groups in total. The number of fused-ring (bicyclic) bond motifs is 3. The predicted octanol–water partition coefficient (Wildman–Crippen LogP) is 2.42. The molecule has 0 aromatic heterocycles. The topological polar surface area (TPSA) is 151 Å². The van der Waals surface area contributed by atoms with Gasteiger partial charge in [0.05, 0.1) is 28.5 Å². The molecule has 1 fully saturated rings. The van der Waals surface area contributed by atoms with Crippen LogP contribution in [-0.4, -0.2) is 34.3 Å². The third kappa shape index (κ3) is 2.71. The summed E-state index contributed by atoms with van der Waals surface area (Å²) in [6, 6.07) is 3.29. The Morgan fingerprint density at radius 3 is 2.39 bits per heavy atom. The molecule has 12 heteroatoms. The van der Waals surface area contributed by atoms with E-state index in [9.17, 15) is 34.5 Å². The van der Waals surface area contributed by atoms with Crippen molar-refractivity contribution in [3.8, 4) is 22.6 Å². The summed E-state index contributed by atoms with van der Waals surface area (Å²) in [6.45, 7) is -0.136. The number of ether oxygens (including phenoxy) is 3. The van der Waals surface area contributed by atoms with Crippen LogP contribution in [0.15, 0.2) is 18.2 Å². The number of nitrogens with zero attached hydrogens (tertiary/aromatic N) is 2. The third-order valence-corrected chi connectivity index (χ3v) is 5.91. The molecule has 11 nitrogen and oxygen atoms in total. The van der Waals surface area contributed by atoms with Crippen LogP contribution in [0.1, 0.15) is 17.2 Å². The molecule has 1 unspecified atom stereocenters.